The van der Waals surface area contributed by atoms with Crippen molar-refractivity contribution in [1.29, 1.82) is 0 Å². The maximum absolute atomic E-state index is 11.6. The number of unbranched alkanes of at least 4 members (excludes halogenated alkanes) is 1. The third-order valence-electron chi connectivity index (χ3n) is 3.27. The molecule has 4 heteroatoms. The van der Waals surface area contributed by atoms with Gasteiger partial charge >= 0.3 is 6.09 Å². The van der Waals surface area contributed by atoms with E-state index in [1.807, 2.05) is 24.3 Å². The molecule has 0 unspecified atom stereocenters. The number of benzene rings is 1. The van der Waals surface area contributed by atoms with Crippen molar-refractivity contribution < 1.29 is 9.53 Å². The lowest BCUT2D eigenvalue weighted by atomic mass is 9.92. The first-order chi connectivity index (χ1) is 8.70. The zero-order valence-electron chi connectivity index (χ0n) is 10.8. The van der Waals surface area contributed by atoms with E-state index in [0.29, 0.717) is 12.5 Å². The van der Waals surface area contributed by atoms with Gasteiger partial charge in [0.05, 0.1) is 6.61 Å². The monoisotopic (exact) mass is 248 g/mol. The molecule has 2 rings (SSSR count). The summed E-state index contributed by atoms with van der Waals surface area (Å²) >= 11 is 0. The van der Waals surface area contributed by atoms with Gasteiger partial charge in [-0.1, -0.05) is 25.5 Å². The lowest BCUT2D eigenvalue weighted by molar-refractivity contribution is 0.0706. The van der Waals surface area contributed by atoms with Crippen LogP contribution in [0.15, 0.2) is 24.3 Å². The van der Waals surface area contributed by atoms with Gasteiger partial charge in [-0.3, -0.25) is 0 Å². The number of hydrogen-bond acceptors (Lipinski definition) is 3. The van der Waals surface area contributed by atoms with Crippen molar-refractivity contribution in [2.24, 2.45) is 0 Å². The largest absolute Gasteiger partial charge is 0.449 e. The average molecular weight is 248 g/mol. The van der Waals surface area contributed by atoms with Crippen LogP contribution in [0.3, 0.4) is 0 Å². The first-order valence-corrected chi connectivity index (χ1v) is 6.48. The molecule has 1 amide bonds. The quantitative estimate of drug-likeness (QED) is 0.658. The van der Waals surface area contributed by atoms with Gasteiger partial charge in [-0.2, -0.15) is 0 Å². The fraction of sp³-hybridized carbons (Fsp3) is 0.500. The Hall–Kier alpha value is -1.71. The lowest BCUT2D eigenvalue weighted by Crippen LogP contribution is -2.48. The van der Waals surface area contributed by atoms with Crippen LogP contribution in [0, 0.1) is 0 Å². The molecule has 1 heterocycles. The first kappa shape index (κ1) is 12.7. The molecule has 1 aliphatic heterocycles. The van der Waals surface area contributed by atoms with Gasteiger partial charge in [0.1, 0.15) is 0 Å². The SMILES string of the molecule is CCCCOC(=O)N1CC(c2ccc(N)cc2)C1. The number of carbonyl (C=O) groups is 1. The standard InChI is InChI=1S/C14H20N2O2/c1-2-3-8-18-14(17)16-9-12(10-16)11-4-6-13(15)7-5-11/h4-7,12H,2-3,8-10,15H2,1H3. The van der Waals surface area contributed by atoms with Crippen LogP contribution >= 0.6 is 0 Å². The van der Waals surface area contributed by atoms with E-state index in [1.54, 1.807) is 4.90 Å². The molecule has 18 heavy (non-hydrogen) atoms. The molecular weight excluding hydrogens is 228 g/mol. The Balaban J connectivity index is 1.76. The molecule has 0 radical (unpaired) electrons. The molecule has 4 nitrogen and oxygen atoms in total. The van der Waals surface area contributed by atoms with Crippen molar-refractivity contribution in [2.75, 3.05) is 25.4 Å². The maximum Gasteiger partial charge on any atom is 0.409 e. The highest BCUT2D eigenvalue weighted by Crippen LogP contribution is 2.27. The van der Waals surface area contributed by atoms with Gasteiger partial charge in [0, 0.05) is 24.7 Å². The van der Waals surface area contributed by atoms with Gasteiger partial charge in [0.2, 0.25) is 0 Å². The topological polar surface area (TPSA) is 55.6 Å². The molecule has 1 aromatic carbocycles. The summed E-state index contributed by atoms with van der Waals surface area (Å²) in [7, 11) is 0. The highest BCUT2D eigenvalue weighted by atomic mass is 16.6. The number of likely N-dealkylation sites (tertiary alicyclic amines) is 1. The lowest BCUT2D eigenvalue weighted by Gasteiger charge is -2.38. The normalized spacial score (nSPS) is 15.3. The molecule has 1 fully saturated rings. The van der Waals surface area contributed by atoms with Crippen LogP contribution in [0.2, 0.25) is 0 Å². The Kier molecular flexibility index (Phi) is 4.07. The van der Waals surface area contributed by atoms with Crippen molar-refractivity contribution in [2.45, 2.75) is 25.7 Å². The minimum absolute atomic E-state index is 0.185. The molecule has 0 spiro atoms. The van der Waals surface area contributed by atoms with Crippen LogP contribution < -0.4 is 5.73 Å². The highest BCUT2D eigenvalue weighted by molar-refractivity contribution is 5.69. The predicted octanol–water partition coefficient (Wildman–Crippen LogP) is 2.60. The summed E-state index contributed by atoms with van der Waals surface area (Å²) < 4.78 is 5.16. The van der Waals surface area contributed by atoms with E-state index in [9.17, 15) is 4.79 Å². The third-order valence-corrected chi connectivity index (χ3v) is 3.27. The van der Waals surface area contributed by atoms with Crippen LogP contribution in [0.5, 0.6) is 0 Å². The summed E-state index contributed by atoms with van der Waals surface area (Å²) in [6.45, 7) is 4.09. The van der Waals surface area contributed by atoms with E-state index in [-0.39, 0.29) is 6.09 Å². The summed E-state index contributed by atoms with van der Waals surface area (Å²) in [5.74, 6) is 0.421. The van der Waals surface area contributed by atoms with Crippen molar-refractivity contribution in [1.82, 2.24) is 4.90 Å². The number of carbonyl (C=O) groups excluding carboxylic acids is 1. The number of anilines is 1. The fourth-order valence-corrected chi connectivity index (χ4v) is 2.00. The number of nitrogens with two attached hydrogens (primary N) is 1. The second-order valence-electron chi connectivity index (χ2n) is 4.74. The number of ether oxygens (including phenoxy) is 1. The van der Waals surface area contributed by atoms with Crippen LogP contribution in [-0.2, 0) is 4.74 Å². The van der Waals surface area contributed by atoms with Crippen molar-refractivity contribution in [3.8, 4) is 0 Å². The van der Waals surface area contributed by atoms with Crippen LogP contribution in [0.4, 0.5) is 10.5 Å². The van der Waals surface area contributed by atoms with Crippen molar-refractivity contribution in [3.63, 3.8) is 0 Å². The minimum atomic E-state index is -0.185. The van der Waals surface area contributed by atoms with E-state index in [2.05, 4.69) is 6.92 Å². The Bertz CT molecular complexity index is 397. The number of amides is 1. The summed E-state index contributed by atoms with van der Waals surface area (Å²) in [5, 5.41) is 0. The number of nitrogens with zero attached hydrogens (tertiary/aromatic N) is 1. The van der Waals surface area contributed by atoms with E-state index < -0.39 is 0 Å². The summed E-state index contributed by atoms with van der Waals surface area (Å²) in [6.07, 6.45) is 1.79. The molecule has 0 atom stereocenters. The second kappa shape index (κ2) is 5.76. The minimum Gasteiger partial charge on any atom is -0.449 e. The average Bonchev–Trinajstić information content (AvgIpc) is 2.30. The molecule has 0 aliphatic carbocycles. The summed E-state index contributed by atoms with van der Waals surface area (Å²) in [5.41, 5.74) is 7.66. The van der Waals surface area contributed by atoms with E-state index in [4.69, 9.17) is 10.5 Å². The van der Waals surface area contributed by atoms with Gasteiger partial charge in [-0.05, 0) is 24.1 Å². The Morgan fingerprint density at radius 1 is 1.39 bits per heavy atom. The number of rotatable bonds is 4. The van der Waals surface area contributed by atoms with E-state index in [0.717, 1.165) is 31.6 Å². The highest BCUT2D eigenvalue weighted by Gasteiger charge is 2.32. The molecule has 1 saturated heterocycles. The number of hydrogen-bond donors (Lipinski definition) is 1. The van der Waals surface area contributed by atoms with Crippen LogP contribution in [0.1, 0.15) is 31.2 Å². The molecule has 0 bridgehead atoms. The fourth-order valence-electron chi connectivity index (χ4n) is 2.00. The van der Waals surface area contributed by atoms with Crippen LogP contribution in [-0.4, -0.2) is 30.7 Å². The Morgan fingerprint density at radius 3 is 2.67 bits per heavy atom. The Labute approximate surface area is 108 Å². The summed E-state index contributed by atoms with van der Waals surface area (Å²) in [6, 6.07) is 7.86. The van der Waals surface area contributed by atoms with Gasteiger partial charge in [-0.25, -0.2) is 4.79 Å². The zero-order valence-corrected chi connectivity index (χ0v) is 10.8. The molecule has 98 valence electrons. The smallest absolute Gasteiger partial charge is 0.409 e. The maximum atomic E-state index is 11.6. The molecule has 0 aromatic heterocycles. The molecule has 2 N–H and O–H groups in total. The number of nitrogen functional groups attached to an aromatic ring is 1. The molecular formula is C14H20N2O2. The molecule has 1 aliphatic rings. The van der Waals surface area contributed by atoms with Gasteiger partial charge < -0.3 is 15.4 Å². The van der Waals surface area contributed by atoms with E-state index in [1.165, 1.54) is 5.56 Å². The van der Waals surface area contributed by atoms with Crippen molar-refractivity contribution in [3.05, 3.63) is 29.8 Å². The van der Waals surface area contributed by atoms with Gasteiger partial charge in [0.25, 0.3) is 0 Å². The molecule has 0 saturated carbocycles. The summed E-state index contributed by atoms with van der Waals surface area (Å²) in [4.78, 5) is 13.4. The van der Waals surface area contributed by atoms with Crippen LogP contribution in [0.25, 0.3) is 0 Å². The second-order valence-corrected chi connectivity index (χ2v) is 4.74. The van der Waals surface area contributed by atoms with Gasteiger partial charge in [0.15, 0.2) is 0 Å². The molecule has 1 aromatic rings. The van der Waals surface area contributed by atoms with E-state index >= 15 is 0 Å². The van der Waals surface area contributed by atoms with Gasteiger partial charge in [-0.15, -0.1) is 0 Å². The third kappa shape index (κ3) is 2.94. The predicted molar refractivity (Wildman–Crippen MR) is 71.4 cm³/mol. The zero-order chi connectivity index (χ0) is 13.0. The Morgan fingerprint density at radius 2 is 2.06 bits per heavy atom. The first-order valence-electron chi connectivity index (χ1n) is 6.48. The van der Waals surface area contributed by atoms with Crippen molar-refractivity contribution >= 4 is 11.8 Å².